The van der Waals surface area contributed by atoms with Crippen LogP contribution in [0.25, 0.3) is 0 Å². The Morgan fingerprint density at radius 1 is 1.32 bits per heavy atom. The Morgan fingerprint density at radius 2 is 2.00 bits per heavy atom. The van der Waals surface area contributed by atoms with Crippen LogP contribution in [0.5, 0.6) is 5.75 Å². The van der Waals surface area contributed by atoms with Gasteiger partial charge in [-0.1, -0.05) is 25.0 Å². The molecule has 102 valence electrons. The van der Waals surface area contributed by atoms with Crippen molar-refractivity contribution in [1.82, 2.24) is 0 Å². The number of ether oxygens (including phenoxy) is 1. The van der Waals surface area contributed by atoms with Gasteiger partial charge in [-0.05, 0) is 44.7 Å². The zero-order chi connectivity index (χ0) is 13.9. The molecule has 0 amide bonds. The molecule has 1 fully saturated rings. The van der Waals surface area contributed by atoms with Gasteiger partial charge in [0.1, 0.15) is 11.3 Å². The second-order valence-electron chi connectivity index (χ2n) is 5.26. The zero-order valence-corrected chi connectivity index (χ0v) is 12.0. The smallest absolute Gasteiger partial charge is 0.235 e. The number of benzene rings is 1. The van der Waals surface area contributed by atoms with Crippen molar-refractivity contribution in [1.29, 1.82) is 0 Å². The fourth-order valence-electron chi connectivity index (χ4n) is 2.98. The Morgan fingerprint density at radius 3 is 2.58 bits per heavy atom. The highest BCUT2D eigenvalue weighted by Gasteiger charge is 2.38. The fourth-order valence-corrected chi connectivity index (χ4v) is 2.98. The van der Waals surface area contributed by atoms with Crippen LogP contribution in [0, 0.1) is 13.8 Å². The van der Waals surface area contributed by atoms with E-state index < -0.39 is 5.54 Å². The number of hydrogen-bond donors (Lipinski definition) is 0. The molecule has 19 heavy (non-hydrogen) atoms. The summed E-state index contributed by atoms with van der Waals surface area (Å²) >= 11 is 0. The lowest BCUT2D eigenvalue weighted by molar-refractivity contribution is 0.320. The predicted molar refractivity (Wildman–Crippen MR) is 75.4 cm³/mol. The number of nitrogens with zero attached hydrogens (tertiary/aromatic N) is 1. The minimum Gasteiger partial charge on any atom is -0.493 e. The second kappa shape index (κ2) is 5.58. The van der Waals surface area contributed by atoms with E-state index in [4.69, 9.17) is 4.74 Å². The van der Waals surface area contributed by atoms with Gasteiger partial charge >= 0.3 is 0 Å². The average molecular weight is 259 g/mol. The predicted octanol–water partition coefficient (Wildman–Crippen LogP) is 3.81. The van der Waals surface area contributed by atoms with Crippen molar-refractivity contribution < 1.29 is 9.53 Å². The molecule has 1 aromatic carbocycles. The number of isocyanates is 1. The number of rotatable bonds is 4. The lowest BCUT2D eigenvalue weighted by Crippen LogP contribution is -2.21. The maximum absolute atomic E-state index is 10.8. The Hall–Kier alpha value is -1.60. The molecule has 0 atom stereocenters. The van der Waals surface area contributed by atoms with Crippen LogP contribution >= 0.6 is 0 Å². The van der Waals surface area contributed by atoms with Crippen molar-refractivity contribution in [2.24, 2.45) is 4.99 Å². The highest BCUT2D eigenvalue weighted by atomic mass is 16.5. The number of aliphatic imine (C=N–C) groups is 1. The molecule has 2 rings (SSSR count). The van der Waals surface area contributed by atoms with Crippen molar-refractivity contribution in [3.63, 3.8) is 0 Å². The van der Waals surface area contributed by atoms with Crippen molar-refractivity contribution >= 4 is 6.08 Å². The topological polar surface area (TPSA) is 38.7 Å². The van der Waals surface area contributed by atoms with Gasteiger partial charge < -0.3 is 4.74 Å². The van der Waals surface area contributed by atoms with E-state index in [1.807, 2.05) is 6.92 Å². The third-order valence-corrected chi connectivity index (χ3v) is 4.16. The lowest BCUT2D eigenvalue weighted by atomic mass is 9.86. The molecule has 1 aromatic rings. The summed E-state index contributed by atoms with van der Waals surface area (Å²) in [5.41, 5.74) is 2.99. The summed E-state index contributed by atoms with van der Waals surface area (Å²) in [5.74, 6) is 0.906. The monoisotopic (exact) mass is 259 g/mol. The van der Waals surface area contributed by atoms with E-state index in [2.05, 4.69) is 31.0 Å². The lowest BCUT2D eigenvalue weighted by Gasteiger charge is -2.27. The Labute approximate surface area is 114 Å². The van der Waals surface area contributed by atoms with Gasteiger partial charge in [0.25, 0.3) is 0 Å². The van der Waals surface area contributed by atoms with Crippen molar-refractivity contribution in [3.05, 3.63) is 28.8 Å². The summed E-state index contributed by atoms with van der Waals surface area (Å²) in [4.78, 5) is 15.0. The van der Waals surface area contributed by atoms with Gasteiger partial charge in [-0.3, -0.25) is 0 Å². The third-order valence-electron chi connectivity index (χ3n) is 4.16. The van der Waals surface area contributed by atoms with Gasteiger partial charge in [-0.2, -0.15) is 4.99 Å². The molecule has 0 saturated heterocycles. The van der Waals surface area contributed by atoms with Crippen LogP contribution in [0.1, 0.15) is 49.3 Å². The van der Waals surface area contributed by atoms with Gasteiger partial charge in [-0.15, -0.1) is 0 Å². The van der Waals surface area contributed by atoms with Gasteiger partial charge in [0.2, 0.25) is 6.08 Å². The highest BCUT2D eigenvalue weighted by molar-refractivity contribution is 5.51. The van der Waals surface area contributed by atoms with E-state index in [1.54, 1.807) is 6.08 Å². The van der Waals surface area contributed by atoms with E-state index in [0.717, 1.165) is 42.6 Å². The first-order chi connectivity index (χ1) is 9.14. The first-order valence-electron chi connectivity index (χ1n) is 6.97. The molecule has 0 radical (unpaired) electrons. The Kier molecular flexibility index (Phi) is 4.06. The molecule has 0 spiro atoms. The molecule has 3 nitrogen and oxygen atoms in total. The molecular weight excluding hydrogens is 238 g/mol. The molecule has 0 aliphatic heterocycles. The molecule has 0 N–H and O–H groups in total. The van der Waals surface area contributed by atoms with E-state index in [-0.39, 0.29) is 0 Å². The summed E-state index contributed by atoms with van der Waals surface area (Å²) in [6.45, 7) is 6.75. The molecule has 0 heterocycles. The normalized spacial score (nSPS) is 17.0. The largest absolute Gasteiger partial charge is 0.493 e. The van der Waals surface area contributed by atoms with Crippen LogP contribution in [0.3, 0.4) is 0 Å². The zero-order valence-electron chi connectivity index (χ0n) is 12.0. The quantitative estimate of drug-likeness (QED) is 0.609. The Bertz CT molecular complexity index is 510. The summed E-state index contributed by atoms with van der Waals surface area (Å²) < 4.78 is 5.84. The van der Waals surface area contributed by atoms with E-state index in [1.165, 1.54) is 5.56 Å². The molecule has 1 aliphatic rings. The molecule has 1 saturated carbocycles. The van der Waals surface area contributed by atoms with E-state index in [0.29, 0.717) is 6.61 Å². The van der Waals surface area contributed by atoms with E-state index >= 15 is 0 Å². The Balaban J connectivity index is 2.59. The van der Waals surface area contributed by atoms with Crippen LogP contribution in [-0.4, -0.2) is 12.7 Å². The first-order valence-corrected chi connectivity index (χ1v) is 6.97. The number of hydrogen-bond acceptors (Lipinski definition) is 3. The minimum absolute atomic E-state index is 0.412. The van der Waals surface area contributed by atoms with Crippen LogP contribution in [0.4, 0.5) is 0 Å². The van der Waals surface area contributed by atoms with Gasteiger partial charge in [0, 0.05) is 5.56 Å². The van der Waals surface area contributed by atoms with Crippen LogP contribution in [-0.2, 0) is 10.3 Å². The van der Waals surface area contributed by atoms with Crippen molar-refractivity contribution in [2.45, 2.75) is 52.0 Å². The van der Waals surface area contributed by atoms with Crippen molar-refractivity contribution in [2.75, 3.05) is 6.61 Å². The SMILES string of the molecule is CCOc1c(C2(N=C=O)CCCC2)ccc(C)c1C. The average Bonchev–Trinajstić information content (AvgIpc) is 2.85. The molecule has 3 heteroatoms. The summed E-state index contributed by atoms with van der Waals surface area (Å²) in [6.07, 6.45) is 5.79. The van der Waals surface area contributed by atoms with Crippen molar-refractivity contribution in [3.8, 4) is 5.75 Å². The molecule has 0 unspecified atom stereocenters. The van der Waals surface area contributed by atoms with Gasteiger partial charge in [0.15, 0.2) is 0 Å². The summed E-state index contributed by atoms with van der Waals surface area (Å²) in [7, 11) is 0. The standard InChI is InChI=1S/C16H21NO2/c1-4-19-15-13(3)12(2)7-8-14(15)16(17-11-18)9-5-6-10-16/h7-8H,4-6,9-10H2,1-3H3. The third kappa shape index (κ3) is 2.43. The summed E-state index contributed by atoms with van der Waals surface area (Å²) in [6, 6.07) is 4.16. The van der Waals surface area contributed by atoms with Gasteiger partial charge in [-0.25, -0.2) is 4.79 Å². The molecular formula is C16H21NO2. The minimum atomic E-state index is -0.412. The molecule has 1 aliphatic carbocycles. The van der Waals surface area contributed by atoms with Crippen LogP contribution < -0.4 is 4.74 Å². The first kappa shape index (κ1) is 13.8. The molecule has 0 bridgehead atoms. The molecule has 0 aromatic heterocycles. The summed E-state index contributed by atoms with van der Waals surface area (Å²) in [5, 5.41) is 0. The second-order valence-corrected chi connectivity index (χ2v) is 5.26. The van der Waals surface area contributed by atoms with Crippen LogP contribution in [0.2, 0.25) is 0 Å². The maximum atomic E-state index is 10.8. The fraction of sp³-hybridized carbons (Fsp3) is 0.562. The maximum Gasteiger partial charge on any atom is 0.235 e. The highest BCUT2D eigenvalue weighted by Crippen LogP contribution is 2.46. The van der Waals surface area contributed by atoms with Crippen LogP contribution in [0.15, 0.2) is 17.1 Å². The number of aryl methyl sites for hydroxylation is 1. The number of carbonyl (C=O) groups excluding carboxylic acids is 1. The van der Waals surface area contributed by atoms with Gasteiger partial charge in [0.05, 0.1) is 6.61 Å². The van der Waals surface area contributed by atoms with E-state index in [9.17, 15) is 4.79 Å².